The minimum Gasteiger partial charge on any atom is -0.497 e. The summed E-state index contributed by atoms with van der Waals surface area (Å²) in [6.07, 6.45) is 0. The highest BCUT2D eigenvalue weighted by atomic mass is 35.5. The van der Waals surface area contributed by atoms with Gasteiger partial charge in [-0.25, -0.2) is 9.97 Å². The first-order valence-corrected chi connectivity index (χ1v) is 9.30. The third kappa shape index (κ3) is 5.27. The lowest BCUT2D eigenvalue weighted by molar-refractivity contribution is 0.415. The minimum atomic E-state index is 0. The summed E-state index contributed by atoms with van der Waals surface area (Å²) < 4.78 is 11.1. The van der Waals surface area contributed by atoms with Crippen molar-refractivity contribution in [2.24, 2.45) is 0 Å². The maximum absolute atomic E-state index is 5.83. The number of anilines is 2. The standard InChI is InChI=1S/C24H21N3O2.ClH/c1-17-25-23(18-8-12-20(28-2)13-9-18)16-24(26-17)27-19-10-14-22(15-11-19)29-21-6-4-3-5-7-21;/h3-16H,1-2H3,(H,25,26,27);1H. The van der Waals surface area contributed by atoms with Crippen LogP contribution in [0.3, 0.4) is 0 Å². The fraction of sp³-hybridized carbons (Fsp3) is 0.0833. The average molecular weight is 420 g/mol. The van der Waals surface area contributed by atoms with Gasteiger partial charge in [0.15, 0.2) is 0 Å². The third-order valence-electron chi connectivity index (χ3n) is 4.33. The van der Waals surface area contributed by atoms with Gasteiger partial charge < -0.3 is 14.8 Å². The van der Waals surface area contributed by atoms with E-state index in [-0.39, 0.29) is 12.4 Å². The summed E-state index contributed by atoms with van der Waals surface area (Å²) in [6, 6.07) is 27.2. The number of methoxy groups -OCH3 is 1. The Morgan fingerprint density at radius 1 is 0.733 bits per heavy atom. The molecule has 0 unspecified atom stereocenters. The molecular weight excluding hydrogens is 398 g/mol. The highest BCUT2D eigenvalue weighted by molar-refractivity contribution is 5.85. The fourth-order valence-electron chi connectivity index (χ4n) is 2.92. The zero-order chi connectivity index (χ0) is 20.1. The molecule has 0 aliphatic carbocycles. The second-order valence-electron chi connectivity index (χ2n) is 6.48. The van der Waals surface area contributed by atoms with Crippen LogP contribution in [0, 0.1) is 6.92 Å². The van der Waals surface area contributed by atoms with Crippen LogP contribution in [-0.4, -0.2) is 17.1 Å². The molecule has 152 valence electrons. The molecule has 4 aromatic rings. The topological polar surface area (TPSA) is 56.3 Å². The lowest BCUT2D eigenvalue weighted by atomic mass is 10.1. The van der Waals surface area contributed by atoms with Crippen molar-refractivity contribution in [1.82, 2.24) is 9.97 Å². The van der Waals surface area contributed by atoms with Gasteiger partial charge in [-0.15, -0.1) is 12.4 Å². The van der Waals surface area contributed by atoms with Crippen molar-refractivity contribution in [2.45, 2.75) is 6.92 Å². The number of halogens is 1. The summed E-state index contributed by atoms with van der Waals surface area (Å²) in [5.74, 6) is 3.84. The summed E-state index contributed by atoms with van der Waals surface area (Å²) in [5.41, 5.74) is 2.78. The minimum absolute atomic E-state index is 0. The smallest absolute Gasteiger partial charge is 0.134 e. The first-order chi connectivity index (χ1) is 14.2. The number of nitrogens with one attached hydrogen (secondary N) is 1. The quantitative estimate of drug-likeness (QED) is 0.391. The van der Waals surface area contributed by atoms with E-state index in [1.165, 1.54) is 0 Å². The SMILES string of the molecule is COc1ccc(-c2cc(Nc3ccc(Oc4ccccc4)cc3)nc(C)n2)cc1.Cl. The van der Waals surface area contributed by atoms with Gasteiger partial charge in [0.1, 0.15) is 28.9 Å². The molecule has 0 atom stereocenters. The molecular formula is C24H22ClN3O2. The monoisotopic (exact) mass is 419 g/mol. The highest BCUT2D eigenvalue weighted by Crippen LogP contribution is 2.26. The second-order valence-corrected chi connectivity index (χ2v) is 6.48. The number of aryl methyl sites for hydroxylation is 1. The van der Waals surface area contributed by atoms with Crippen LogP contribution >= 0.6 is 12.4 Å². The summed E-state index contributed by atoms with van der Waals surface area (Å²) in [4.78, 5) is 9.05. The van der Waals surface area contributed by atoms with Gasteiger partial charge >= 0.3 is 0 Å². The zero-order valence-corrected chi connectivity index (χ0v) is 17.5. The number of ether oxygens (including phenoxy) is 2. The molecule has 6 heteroatoms. The Kier molecular flexibility index (Phi) is 6.88. The van der Waals surface area contributed by atoms with Crippen molar-refractivity contribution in [2.75, 3.05) is 12.4 Å². The van der Waals surface area contributed by atoms with E-state index in [0.29, 0.717) is 5.82 Å². The molecule has 0 amide bonds. The van der Waals surface area contributed by atoms with Crippen LogP contribution in [0.5, 0.6) is 17.2 Å². The molecule has 30 heavy (non-hydrogen) atoms. The third-order valence-corrected chi connectivity index (χ3v) is 4.33. The Bertz CT molecular complexity index is 1090. The Hall–Kier alpha value is -3.57. The van der Waals surface area contributed by atoms with Crippen molar-refractivity contribution in [3.05, 3.63) is 90.8 Å². The van der Waals surface area contributed by atoms with Gasteiger partial charge in [0.25, 0.3) is 0 Å². The summed E-state index contributed by atoms with van der Waals surface area (Å²) in [6.45, 7) is 1.88. The number of benzene rings is 3. The number of nitrogens with zero attached hydrogens (tertiary/aromatic N) is 2. The molecule has 1 heterocycles. The van der Waals surface area contributed by atoms with E-state index in [0.717, 1.165) is 40.0 Å². The number of hydrogen-bond donors (Lipinski definition) is 1. The Morgan fingerprint density at radius 2 is 1.37 bits per heavy atom. The van der Waals surface area contributed by atoms with E-state index in [2.05, 4.69) is 15.3 Å². The van der Waals surface area contributed by atoms with Crippen LogP contribution in [0.15, 0.2) is 84.9 Å². The maximum Gasteiger partial charge on any atom is 0.134 e. The van der Waals surface area contributed by atoms with Crippen LogP contribution in [0.2, 0.25) is 0 Å². The number of para-hydroxylation sites is 1. The van der Waals surface area contributed by atoms with E-state index in [1.54, 1.807) is 7.11 Å². The normalized spacial score (nSPS) is 10.1. The van der Waals surface area contributed by atoms with Crippen LogP contribution < -0.4 is 14.8 Å². The van der Waals surface area contributed by atoms with Crippen molar-refractivity contribution in [3.63, 3.8) is 0 Å². The maximum atomic E-state index is 5.83. The molecule has 0 spiro atoms. The average Bonchev–Trinajstić information content (AvgIpc) is 2.75. The lowest BCUT2D eigenvalue weighted by Crippen LogP contribution is -1.99. The van der Waals surface area contributed by atoms with Crippen LogP contribution in [0.25, 0.3) is 11.3 Å². The number of rotatable bonds is 6. The van der Waals surface area contributed by atoms with Crippen molar-refractivity contribution in [1.29, 1.82) is 0 Å². The highest BCUT2D eigenvalue weighted by Gasteiger charge is 2.06. The molecule has 5 nitrogen and oxygen atoms in total. The molecule has 1 aromatic heterocycles. The van der Waals surface area contributed by atoms with Crippen molar-refractivity contribution < 1.29 is 9.47 Å². The van der Waals surface area contributed by atoms with Crippen LogP contribution in [0.1, 0.15) is 5.82 Å². The van der Waals surface area contributed by atoms with Gasteiger partial charge in [-0.05, 0) is 67.6 Å². The largest absolute Gasteiger partial charge is 0.497 e. The summed E-state index contributed by atoms with van der Waals surface area (Å²) in [5, 5.41) is 3.34. The van der Waals surface area contributed by atoms with E-state index in [9.17, 15) is 0 Å². The van der Waals surface area contributed by atoms with E-state index in [1.807, 2.05) is 91.9 Å². The molecule has 0 aliphatic rings. The molecule has 0 radical (unpaired) electrons. The lowest BCUT2D eigenvalue weighted by Gasteiger charge is -2.10. The predicted molar refractivity (Wildman–Crippen MR) is 122 cm³/mol. The fourth-order valence-corrected chi connectivity index (χ4v) is 2.92. The van der Waals surface area contributed by atoms with Crippen LogP contribution in [-0.2, 0) is 0 Å². The molecule has 0 saturated heterocycles. The molecule has 0 fully saturated rings. The van der Waals surface area contributed by atoms with Gasteiger partial charge in [0.2, 0.25) is 0 Å². The first kappa shape index (κ1) is 21.1. The summed E-state index contributed by atoms with van der Waals surface area (Å²) >= 11 is 0. The van der Waals surface area contributed by atoms with Gasteiger partial charge in [0.05, 0.1) is 12.8 Å². The van der Waals surface area contributed by atoms with E-state index in [4.69, 9.17) is 9.47 Å². The molecule has 0 aliphatic heterocycles. The number of hydrogen-bond acceptors (Lipinski definition) is 5. The summed E-state index contributed by atoms with van der Waals surface area (Å²) in [7, 11) is 1.65. The van der Waals surface area contributed by atoms with E-state index >= 15 is 0 Å². The van der Waals surface area contributed by atoms with E-state index < -0.39 is 0 Å². The van der Waals surface area contributed by atoms with Crippen molar-refractivity contribution in [3.8, 4) is 28.5 Å². The molecule has 4 rings (SSSR count). The molecule has 0 bridgehead atoms. The van der Waals surface area contributed by atoms with Crippen molar-refractivity contribution >= 4 is 23.9 Å². The van der Waals surface area contributed by atoms with Gasteiger partial charge in [-0.1, -0.05) is 18.2 Å². The predicted octanol–water partition coefficient (Wildman–Crippen LogP) is 6.42. The van der Waals surface area contributed by atoms with Gasteiger partial charge in [-0.2, -0.15) is 0 Å². The molecule has 0 saturated carbocycles. The van der Waals surface area contributed by atoms with Gasteiger partial charge in [0, 0.05) is 17.3 Å². The van der Waals surface area contributed by atoms with Crippen LogP contribution in [0.4, 0.5) is 11.5 Å². The number of aromatic nitrogens is 2. The Labute approximate surface area is 182 Å². The molecule has 3 aromatic carbocycles. The first-order valence-electron chi connectivity index (χ1n) is 9.30. The Balaban J connectivity index is 0.00000256. The second kappa shape index (κ2) is 9.76. The molecule has 1 N–H and O–H groups in total. The van der Waals surface area contributed by atoms with Gasteiger partial charge in [-0.3, -0.25) is 0 Å². The Morgan fingerprint density at radius 3 is 2.03 bits per heavy atom. The zero-order valence-electron chi connectivity index (χ0n) is 16.7.